The largest absolute Gasteiger partial charge is 0.428 e. The zero-order valence-electron chi connectivity index (χ0n) is 9.55. The molecular formula is C13H20O2. The summed E-state index contributed by atoms with van der Waals surface area (Å²) in [6, 6.07) is 0. The first-order valence-corrected chi connectivity index (χ1v) is 5.77. The molecule has 0 saturated carbocycles. The van der Waals surface area contributed by atoms with E-state index in [4.69, 9.17) is 4.74 Å². The summed E-state index contributed by atoms with van der Waals surface area (Å²) in [4.78, 5) is 11.3. The lowest BCUT2D eigenvalue weighted by Crippen LogP contribution is -2.05. The molecule has 0 fully saturated rings. The number of hydrogen-bond donors (Lipinski definition) is 0. The van der Waals surface area contributed by atoms with Gasteiger partial charge in [0, 0.05) is 12.0 Å². The molecule has 1 aliphatic rings. The van der Waals surface area contributed by atoms with E-state index in [-0.39, 0.29) is 5.97 Å². The molecule has 2 heteroatoms. The third-order valence-electron chi connectivity index (χ3n) is 2.57. The van der Waals surface area contributed by atoms with Crippen LogP contribution in [-0.4, -0.2) is 5.97 Å². The van der Waals surface area contributed by atoms with Gasteiger partial charge in [-0.25, -0.2) is 4.79 Å². The lowest BCUT2D eigenvalue weighted by atomic mass is 10.1. The second-order valence-corrected chi connectivity index (χ2v) is 4.15. The molecule has 0 unspecified atom stereocenters. The quantitative estimate of drug-likeness (QED) is 0.510. The number of allylic oxidation sites excluding steroid dienone is 2. The minimum atomic E-state index is -0.291. The predicted octanol–water partition coefficient (Wildman–Crippen LogP) is 3.73. The summed E-state index contributed by atoms with van der Waals surface area (Å²) in [6.45, 7) is 5.26. The molecule has 15 heavy (non-hydrogen) atoms. The van der Waals surface area contributed by atoms with Gasteiger partial charge in [-0.05, 0) is 32.3 Å². The number of hydrogen-bond acceptors (Lipinski definition) is 2. The highest BCUT2D eigenvalue weighted by molar-refractivity contribution is 5.87. The van der Waals surface area contributed by atoms with Crippen LogP contribution in [0.1, 0.15) is 51.9 Å². The highest BCUT2D eigenvalue weighted by atomic mass is 16.5. The standard InChI is InChI=1S/C13H20O2/c1-11(2)13(14)15-12-9-7-5-3-4-6-8-10-12/h9H,1,3-8,10H2,2H3/b12-9+. The molecular weight excluding hydrogens is 188 g/mol. The molecule has 1 aliphatic carbocycles. The van der Waals surface area contributed by atoms with Gasteiger partial charge in [-0.1, -0.05) is 25.8 Å². The molecule has 0 amide bonds. The van der Waals surface area contributed by atoms with Gasteiger partial charge in [-0.15, -0.1) is 0 Å². The van der Waals surface area contributed by atoms with Crippen molar-refractivity contribution in [2.24, 2.45) is 0 Å². The fourth-order valence-corrected chi connectivity index (χ4v) is 1.64. The minimum absolute atomic E-state index is 0.291. The number of carbonyl (C=O) groups excluding carboxylic acids is 1. The molecule has 2 nitrogen and oxygen atoms in total. The van der Waals surface area contributed by atoms with Gasteiger partial charge in [0.1, 0.15) is 5.76 Å². The van der Waals surface area contributed by atoms with E-state index >= 15 is 0 Å². The Morgan fingerprint density at radius 1 is 1.27 bits per heavy atom. The van der Waals surface area contributed by atoms with Crippen LogP contribution in [-0.2, 0) is 9.53 Å². The second-order valence-electron chi connectivity index (χ2n) is 4.15. The van der Waals surface area contributed by atoms with E-state index in [1.54, 1.807) is 6.92 Å². The lowest BCUT2D eigenvalue weighted by molar-refractivity contribution is -0.135. The maximum absolute atomic E-state index is 11.3. The maximum atomic E-state index is 11.3. The van der Waals surface area contributed by atoms with Crippen LogP contribution < -0.4 is 0 Å². The monoisotopic (exact) mass is 208 g/mol. The van der Waals surface area contributed by atoms with Gasteiger partial charge in [0.05, 0.1) is 0 Å². The Hall–Kier alpha value is -1.05. The molecule has 0 spiro atoms. The summed E-state index contributed by atoms with van der Waals surface area (Å²) < 4.78 is 5.27. The lowest BCUT2D eigenvalue weighted by Gasteiger charge is -2.07. The Kier molecular flexibility index (Phi) is 5.16. The van der Waals surface area contributed by atoms with Crippen molar-refractivity contribution in [1.82, 2.24) is 0 Å². The fraction of sp³-hybridized carbons (Fsp3) is 0.615. The van der Waals surface area contributed by atoms with E-state index in [9.17, 15) is 4.79 Å². The van der Waals surface area contributed by atoms with Crippen molar-refractivity contribution in [2.75, 3.05) is 0 Å². The van der Waals surface area contributed by atoms with Crippen molar-refractivity contribution in [3.05, 3.63) is 24.0 Å². The summed E-state index contributed by atoms with van der Waals surface area (Å²) in [5.41, 5.74) is 0.468. The Bertz CT molecular complexity index is 264. The van der Waals surface area contributed by atoms with E-state index in [0.717, 1.165) is 25.0 Å². The van der Waals surface area contributed by atoms with Gasteiger partial charge < -0.3 is 4.74 Å². The van der Waals surface area contributed by atoms with Gasteiger partial charge in [-0.3, -0.25) is 0 Å². The SMILES string of the molecule is C=C(C)C(=O)O/C1=C/CCCCCCC1. The molecule has 0 bridgehead atoms. The van der Waals surface area contributed by atoms with Crippen molar-refractivity contribution in [1.29, 1.82) is 0 Å². The first-order chi connectivity index (χ1) is 7.20. The van der Waals surface area contributed by atoms with Crippen molar-refractivity contribution in [3.63, 3.8) is 0 Å². The predicted molar refractivity (Wildman–Crippen MR) is 61.3 cm³/mol. The molecule has 0 N–H and O–H groups in total. The number of rotatable bonds is 2. The molecule has 0 aromatic rings. The summed E-state index contributed by atoms with van der Waals surface area (Å²) >= 11 is 0. The Morgan fingerprint density at radius 2 is 1.93 bits per heavy atom. The highest BCUT2D eigenvalue weighted by Gasteiger charge is 2.08. The van der Waals surface area contributed by atoms with E-state index in [0.29, 0.717) is 5.57 Å². The highest BCUT2D eigenvalue weighted by Crippen LogP contribution is 2.18. The van der Waals surface area contributed by atoms with Crippen LogP contribution in [0.15, 0.2) is 24.0 Å². The van der Waals surface area contributed by atoms with Gasteiger partial charge in [0.2, 0.25) is 0 Å². The number of carbonyl (C=O) groups is 1. The third kappa shape index (κ3) is 4.82. The topological polar surface area (TPSA) is 26.3 Å². The molecule has 0 saturated heterocycles. The van der Waals surface area contributed by atoms with E-state index in [1.807, 2.05) is 0 Å². The molecule has 0 radical (unpaired) electrons. The van der Waals surface area contributed by atoms with Crippen molar-refractivity contribution < 1.29 is 9.53 Å². The van der Waals surface area contributed by atoms with Crippen LogP contribution in [0.2, 0.25) is 0 Å². The van der Waals surface area contributed by atoms with Crippen LogP contribution in [0.3, 0.4) is 0 Å². The average molecular weight is 208 g/mol. The minimum Gasteiger partial charge on any atom is -0.428 e. The Labute approximate surface area is 92.0 Å². The summed E-state index contributed by atoms with van der Waals surface area (Å²) in [7, 11) is 0. The normalized spacial score (nSPS) is 21.5. The smallest absolute Gasteiger partial charge is 0.338 e. The van der Waals surface area contributed by atoms with Gasteiger partial charge in [-0.2, -0.15) is 0 Å². The van der Waals surface area contributed by atoms with Gasteiger partial charge >= 0.3 is 5.97 Å². The average Bonchev–Trinajstić information content (AvgIpc) is 2.31. The summed E-state index contributed by atoms with van der Waals surface area (Å²) in [6.07, 6.45) is 10.1. The fourth-order valence-electron chi connectivity index (χ4n) is 1.64. The first kappa shape index (κ1) is 12.0. The van der Waals surface area contributed by atoms with Crippen molar-refractivity contribution in [3.8, 4) is 0 Å². The first-order valence-electron chi connectivity index (χ1n) is 5.77. The van der Waals surface area contributed by atoms with Crippen LogP contribution in [0, 0.1) is 0 Å². The molecule has 84 valence electrons. The number of ether oxygens (including phenoxy) is 1. The molecule has 0 atom stereocenters. The molecule has 0 aromatic heterocycles. The molecule has 1 rings (SSSR count). The van der Waals surface area contributed by atoms with Gasteiger partial charge in [0.15, 0.2) is 0 Å². The van der Waals surface area contributed by atoms with Gasteiger partial charge in [0.25, 0.3) is 0 Å². The van der Waals surface area contributed by atoms with E-state index in [2.05, 4.69) is 12.7 Å². The molecule has 0 aromatic carbocycles. The van der Waals surface area contributed by atoms with E-state index in [1.165, 1.54) is 25.7 Å². The Morgan fingerprint density at radius 3 is 2.67 bits per heavy atom. The van der Waals surface area contributed by atoms with Crippen LogP contribution in [0.25, 0.3) is 0 Å². The van der Waals surface area contributed by atoms with E-state index < -0.39 is 0 Å². The molecule has 0 heterocycles. The summed E-state index contributed by atoms with van der Waals surface area (Å²) in [5.74, 6) is 0.547. The van der Waals surface area contributed by atoms with Crippen LogP contribution in [0.5, 0.6) is 0 Å². The van der Waals surface area contributed by atoms with Crippen LogP contribution >= 0.6 is 0 Å². The molecule has 0 aliphatic heterocycles. The third-order valence-corrected chi connectivity index (χ3v) is 2.57. The Balaban J connectivity index is 2.48. The maximum Gasteiger partial charge on any atom is 0.338 e. The zero-order valence-corrected chi connectivity index (χ0v) is 9.55. The van der Waals surface area contributed by atoms with Crippen LogP contribution in [0.4, 0.5) is 0 Å². The number of esters is 1. The zero-order chi connectivity index (χ0) is 11.1. The van der Waals surface area contributed by atoms with Crippen molar-refractivity contribution in [2.45, 2.75) is 51.9 Å². The summed E-state index contributed by atoms with van der Waals surface area (Å²) in [5, 5.41) is 0. The van der Waals surface area contributed by atoms with Crippen molar-refractivity contribution >= 4 is 5.97 Å². The second kappa shape index (κ2) is 6.44.